The van der Waals surface area contributed by atoms with Gasteiger partial charge in [-0.1, -0.05) is 40.9 Å². The summed E-state index contributed by atoms with van der Waals surface area (Å²) in [5.74, 6) is -1.12. The number of carbonyl (C=O) groups is 2. The summed E-state index contributed by atoms with van der Waals surface area (Å²) in [6.45, 7) is 0.583. The first-order valence-electron chi connectivity index (χ1n) is 8.39. The summed E-state index contributed by atoms with van der Waals surface area (Å²) < 4.78 is 0.983. The largest absolute Gasteiger partial charge is 0.479 e. The van der Waals surface area contributed by atoms with Gasteiger partial charge in [0.25, 0.3) is 0 Å². The molecule has 0 bridgehead atoms. The van der Waals surface area contributed by atoms with Crippen molar-refractivity contribution in [3.63, 3.8) is 0 Å². The van der Waals surface area contributed by atoms with Crippen LogP contribution in [0.3, 0.4) is 0 Å². The van der Waals surface area contributed by atoms with Crippen LogP contribution in [-0.2, 0) is 15.0 Å². The van der Waals surface area contributed by atoms with Gasteiger partial charge in [0.1, 0.15) is 0 Å². The Morgan fingerprint density at radius 2 is 1.54 bits per heavy atom. The van der Waals surface area contributed by atoms with Crippen LogP contribution >= 0.6 is 15.9 Å². The number of carboxylic acid groups (broad SMARTS) is 1. The number of likely N-dealkylation sites (tertiary alicyclic amines) is 1. The Morgan fingerprint density at radius 1 is 1.00 bits per heavy atom. The summed E-state index contributed by atoms with van der Waals surface area (Å²) in [7, 11) is 0. The van der Waals surface area contributed by atoms with Crippen molar-refractivity contribution in [1.82, 2.24) is 4.90 Å². The molecule has 0 radical (unpaired) electrons. The second-order valence-electron chi connectivity index (χ2n) is 6.93. The molecule has 0 aromatic heterocycles. The second-order valence-corrected chi connectivity index (χ2v) is 7.84. The Hall–Kier alpha value is -1.40. The van der Waals surface area contributed by atoms with E-state index in [1.165, 1.54) is 0 Å². The fourth-order valence-corrected chi connectivity index (χ4v) is 4.23. The van der Waals surface area contributed by atoms with Gasteiger partial charge in [0.05, 0.1) is 5.41 Å². The van der Waals surface area contributed by atoms with Crippen molar-refractivity contribution in [2.45, 2.75) is 49.5 Å². The van der Waals surface area contributed by atoms with Gasteiger partial charge in [-0.3, -0.25) is 4.79 Å². The second kappa shape index (κ2) is 6.48. The maximum absolute atomic E-state index is 13.3. The minimum absolute atomic E-state index is 0.0785. The molecular weight excluding hydrogens is 374 g/mol. The van der Waals surface area contributed by atoms with Crippen LogP contribution in [-0.4, -0.2) is 45.7 Å². The van der Waals surface area contributed by atoms with Crippen molar-refractivity contribution in [3.8, 4) is 0 Å². The van der Waals surface area contributed by atoms with Gasteiger partial charge in [0, 0.05) is 30.4 Å². The molecule has 1 amide bonds. The molecule has 0 atom stereocenters. The minimum atomic E-state index is -1.70. The van der Waals surface area contributed by atoms with Gasteiger partial charge in [-0.15, -0.1) is 0 Å². The number of piperidine rings is 1. The van der Waals surface area contributed by atoms with Crippen LogP contribution < -0.4 is 0 Å². The number of hydrogen-bond acceptors (Lipinski definition) is 3. The van der Waals surface area contributed by atoms with E-state index in [2.05, 4.69) is 15.9 Å². The molecule has 1 aromatic rings. The van der Waals surface area contributed by atoms with Crippen LogP contribution in [0.25, 0.3) is 0 Å². The zero-order valence-corrected chi connectivity index (χ0v) is 15.1. The van der Waals surface area contributed by atoms with Gasteiger partial charge in [-0.25, -0.2) is 4.79 Å². The molecule has 2 aliphatic rings. The number of aliphatic carboxylic acids is 1. The van der Waals surface area contributed by atoms with Crippen LogP contribution in [0.2, 0.25) is 0 Å². The van der Waals surface area contributed by atoms with E-state index in [9.17, 15) is 14.7 Å². The average Bonchev–Trinajstić information content (AvgIpc) is 3.06. The number of hydrogen-bond donors (Lipinski definition) is 2. The van der Waals surface area contributed by atoms with E-state index >= 15 is 0 Å². The number of carbonyl (C=O) groups excluding carboxylic acids is 1. The van der Waals surface area contributed by atoms with Gasteiger partial charge in [-0.2, -0.15) is 0 Å². The van der Waals surface area contributed by atoms with Crippen molar-refractivity contribution >= 4 is 27.8 Å². The van der Waals surface area contributed by atoms with Crippen LogP contribution in [0.5, 0.6) is 0 Å². The molecular formula is C18H22BrNO4. The van der Waals surface area contributed by atoms with Gasteiger partial charge in [-0.05, 0) is 30.5 Å². The monoisotopic (exact) mass is 395 g/mol. The standard InChI is InChI=1S/C18H22BrNO4/c19-14-5-3-13(4-6-14)17(7-1-2-8-17)15(21)20-11-9-18(24,10-12-20)16(22)23/h3-6,24H,1-2,7-12H2,(H,22,23). The normalized spacial score (nSPS) is 22.3. The molecule has 1 saturated heterocycles. The third-order valence-corrected chi connectivity index (χ3v) is 6.07. The summed E-state index contributed by atoms with van der Waals surface area (Å²) in [6.07, 6.45) is 3.87. The minimum Gasteiger partial charge on any atom is -0.479 e. The predicted molar refractivity (Wildman–Crippen MR) is 92.7 cm³/mol. The third kappa shape index (κ3) is 2.97. The third-order valence-electron chi connectivity index (χ3n) is 5.54. The van der Waals surface area contributed by atoms with E-state index in [0.717, 1.165) is 35.7 Å². The number of aliphatic hydroxyl groups is 1. The van der Waals surface area contributed by atoms with Crippen LogP contribution in [0, 0.1) is 0 Å². The molecule has 1 aromatic carbocycles. The van der Waals surface area contributed by atoms with Gasteiger partial charge < -0.3 is 15.1 Å². The Kier molecular flexibility index (Phi) is 4.71. The van der Waals surface area contributed by atoms with Gasteiger partial charge in [0.15, 0.2) is 5.60 Å². The van der Waals surface area contributed by atoms with Crippen LogP contribution in [0.4, 0.5) is 0 Å². The number of amides is 1. The van der Waals surface area contributed by atoms with E-state index < -0.39 is 17.0 Å². The molecule has 130 valence electrons. The van der Waals surface area contributed by atoms with Crippen molar-refractivity contribution < 1.29 is 19.8 Å². The summed E-state index contributed by atoms with van der Waals surface area (Å²) in [5, 5.41) is 19.2. The number of benzene rings is 1. The van der Waals surface area contributed by atoms with Crippen molar-refractivity contribution in [2.75, 3.05) is 13.1 Å². The molecule has 1 saturated carbocycles. The van der Waals surface area contributed by atoms with Crippen LogP contribution in [0.15, 0.2) is 28.7 Å². The summed E-state index contributed by atoms with van der Waals surface area (Å²) in [5.41, 5.74) is -1.16. The van der Waals surface area contributed by atoms with E-state index in [1.54, 1.807) is 4.90 Å². The number of nitrogens with zero attached hydrogens (tertiary/aromatic N) is 1. The lowest BCUT2D eigenvalue weighted by Gasteiger charge is -2.40. The molecule has 1 aliphatic carbocycles. The number of rotatable bonds is 3. The topological polar surface area (TPSA) is 77.8 Å². The molecule has 1 aliphatic heterocycles. The maximum Gasteiger partial charge on any atom is 0.335 e. The van der Waals surface area contributed by atoms with E-state index in [0.29, 0.717) is 13.1 Å². The Morgan fingerprint density at radius 3 is 2.04 bits per heavy atom. The molecule has 24 heavy (non-hydrogen) atoms. The molecule has 5 nitrogen and oxygen atoms in total. The highest BCUT2D eigenvalue weighted by atomic mass is 79.9. The first-order chi connectivity index (χ1) is 11.4. The van der Waals surface area contributed by atoms with Crippen molar-refractivity contribution in [2.24, 2.45) is 0 Å². The quantitative estimate of drug-likeness (QED) is 0.824. The van der Waals surface area contributed by atoms with E-state index in [4.69, 9.17) is 5.11 Å². The molecule has 2 N–H and O–H groups in total. The predicted octanol–water partition coefficient (Wildman–Crippen LogP) is 2.70. The Bertz CT molecular complexity index is 629. The van der Waals surface area contributed by atoms with Crippen LogP contribution in [0.1, 0.15) is 44.1 Å². The van der Waals surface area contributed by atoms with Crippen molar-refractivity contribution in [3.05, 3.63) is 34.3 Å². The van der Waals surface area contributed by atoms with E-state index in [1.807, 2.05) is 24.3 Å². The maximum atomic E-state index is 13.3. The molecule has 0 unspecified atom stereocenters. The highest BCUT2D eigenvalue weighted by molar-refractivity contribution is 9.10. The first-order valence-corrected chi connectivity index (χ1v) is 9.18. The lowest BCUT2D eigenvalue weighted by molar-refractivity contribution is -0.166. The van der Waals surface area contributed by atoms with Gasteiger partial charge >= 0.3 is 5.97 Å². The Labute approximate surface area is 149 Å². The van der Waals surface area contributed by atoms with Gasteiger partial charge in [0.2, 0.25) is 5.91 Å². The molecule has 2 fully saturated rings. The number of carboxylic acids is 1. The molecule has 0 spiro atoms. The summed E-state index contributed by atoms with van der Waals surface area (Å²) in [4.78, 5) is 26.2. The summed E-state index contributed by atoms with van der Waals surface area (Å²) in [6, 6.07) is 7.93. The fraction of sp³-hybridized carbons (Fsp3) is 0.556. The molecule has 6 heteroatoms. The average molecular weight is 396 g/mol. The molecule has 1 heterocycles. The van der Waals surface area contributed by atoms with Crippen molar-refractivity contribution in [1.29, 1.82) is 0 Å². The highest BCUT2D eigenvalue weighted by Crippen LogP contribution is 2.43. The lowest BCUT2D eigenvalue weighted by atomic mass is 9.77. The fourth-order valence-electron chi connectivity index (χ4n) is 3.97. The zero-order chi connectivity index (χ0) is 17.4. The SMILES string of the molecule is O=C(O)C1(O)CCN(C(=O)C2(c3ccc(Br)cc3)CCCC2)CC1. The Balaban J connectivity index is 1.81. The smallest absolute Gasteiger partial charge is 0.335 e. The number of halogens is 1. The van der Waals surface area contributed by atoms with E-state index in [-0.39, 0.29) is 18.7 Å². The molecule has 3 rings (SSSR count). The highest BCUT2D eigenvalue weighted by Gasteiger charge is 2.48. The lowest BCUT2D eigenvalue weighted by Crippen LogP contribution is -2.54. The summed E-state index contributed by atoms with van der Waals surface area (Å²) >= 11 is 3.43. The first kappa shape index (κ1) is 17.4. The zero-order valence-electron chi connectivity index (χ0n) is 13.5.